The third kappa shape index (κ3) is 3.84. The molecule has 1 rings (SSSR count). The molecule has 1 aliphatic heterocycles. The summed E-state index contributed by atoms with van der Waals surface area (Å²) in [4.78, 5) is 36.9. The molecule has 0 aromatic rings. The van der Waals surface area contributed by atoms with E-state index in [0.29, 0.717) is 13.0 Å². The summed E-state index contributed by atoms with van der Waals surface area (Å²) in [7, 11) is 3.17. The van der Waals surface area contributed by atoms with Crippen LogP contribution in [0.3, 0.4) is 0 Å². The second-order valence-corrected chi connectivity index (χ2v) is 4.79. The van der Waals surface area contributed by atoms with Crippen molar-refractivity contribution in [2.45, 2.75) is 25.8 Å². The third-order valence-corrected chi connectivity index (χ3v) is 3.12. The number of amides is 2. The van der Waals surface area contributed by atoms with Gasteiger partial charge in [0.2, 0.25) is 5.91 Å². The van der Waals surface area contributed by atoms with Gasteiger partial charge in [-0.15, -0.1) is 0 Å². The van der Waals surface area contributed by atoms with Gasteiger partial charge in [0.05, 0.1) is 13.0 Å². The van der Waals surface area contributed by atoms with E-state index in [1.165, 1.54) is 4.90 Å². The standard InChI is InChI=1S/C12H20N2O5/c1-4-19-10(15)6-8-5-9(11(16)13(2)3)14(7-8)12(17)18/h8-9H,4-7H2,1-3H3,(H,17,18)/t8-,9+/m0/s1. The van der Waals surface area contributed by atoms with Gasteiger partial charge in [0.1, 0.15) is 6.04 Å². The highest BCUT2D eigenvalue weighted by molar-refractivity contribution is 5.85. The number of nitrogens with zero attached hydrogens (tertiary/aromatic N) is 2. The van der Waals surface area contributed by atoms with Gasteiger partial charge in [-0.3, -0.25) is 14.5 Å². The first-order valence-electron chi connectivity index (χ1n) is 6.23. The molecule has 0 aliphatic carbocycles. The fraction of sp³-hybridized carbons (Fsp3) is 0.750. The largest absolute Gasteiger partial charge is 0.466 e. The molecule has 19 heavy (non-hydrogen) atoms. The van der Waals surface area contributed by atoms with Crippen LogP contribution in [0.1, 0.15) is 19.8 Å². The topological polar surface area (TPSA) is 87.2 Å². The van der Waals surface area contributed by atoms with Crippen LogP contribution in [0, 0.1) is 5.92 Å². The molecule has 0 radical (unpaired) electrons. The summed E-state index contributed by atoms with van der Waals surface area (Å²) in [5.41, 5.74) is 0. The second-order valence-electron chi connectivity index (χ2n) is 4.79. The Morgan fingerprint density at radius 3 is 2.47 bits per heavy atom. The molecule has 1 N–H and O–H groups in total. The van der Waals surface area contributed by atoms with Crippen molar-refractivity contribution in [2.75, 3.05) is 27.2 Å². The van der Waals surface area contributed by atoms with Gasteiger partial charge < -0.3 is 14.7 Å². The van der Waals surface area contributed by atoms with Gasteiger partial charge in [0.25, 0.3) is 0 Å². The first-order valence-corrected chi connectivity index (χ1v) is 6.23. The Morgan fingerprint density at radius 2 is 2.00 bits per heavy atom. The van der Waals surface area contributed by atoms with Crippen molar-refractivity contribution in [1.29, 1.82) is 0 Å². The Kier molecular flexibility index (Phi) is 5.14. The summed E-state index contributed by atoms with van der Waals surface area (Å²) in [6.45, 7) is 2.21. The zero-order valence-corrected chi connectivity index (χ0v) is 11.5. The maximum absolute atomic E-state index is 11.9. The van der Waals surface area contributed by atoms with Gasteiger partial charge in [-0.2, -0.15) is 0 Å². The lowest BCUT2D eigenvalue weighted by atomic mass is 10.0. The molecule has 0 saturated carbocycles. The van der Waals surface area contributed by atoms with E-state index in [2.05, 4.69) is 0 Å². The van der Waals surface area contributed by atoms with Crippen LogP contribution >= 0.6 is 0 Å². The van der Waals surface area contributed by atoms with E-state index in [1.807, 2.05) is 0 Å². The molecule has 1 saturated heterocycles. The van der Waals surface area contributed by atoms with Crippen LogP contribution in [0.5, 0.6) is 0 Å². The van der Waals surface area contributed by atoms with E-state index in [4.69, 9.17) is 9.84 Å². The Morgan fingerprint density at radius 1 is 1.37 bits per heavy atom. The SMILES string of the molecule is CCOC(=O)C[C@@H]1C[C@H](C(=O)N(C)C)N(C(=O)O)C1. The predicted molar refractivity (Wildman–Crippen MR) is 66.6 cm³/mol. The number of carbonyl (C=O) groups excluding carboxylic acids is 2. The molecule has 0 spiro atoms. The number of likely N-dealkylation sites (N-methyl/N-ethyl adjacent to an activating group) is 1. The first kappa shape index (κ1) is 15.3. The minimum atomic E-state index is -1.13. The maximum atomic E-state index is 11.9. The van der Waals surface area contributed by atoms with Gasteiger partial charge in [-0.05, 0) is 19.3 Å². The van der Waals surface area contributed by atoms with E-state index in [-0.39, 0.29) is 30.8 Å². The fourth-order valence-electron chi connectivity index (χ4n) is 2.27. The summed E-state index contributed by atoms with van der Waals surface area (Å²) in [6.07, 6.45) is -0.622. The molecule has 1 heterocycles. The highest BCUT2D eigenvalue weighted by Gasteiger charge is 2.41. The molecule has 1 aliphatic rings. The van der Waals surface area contributed by atoms with Gasteiger partial charge >= 0.3 is 12.1 Å². The van der Waals surface area contributed by atoms with Crippen LogP contribution in [0.15, 0.2) is 0 Å². The van der Waals surface area contributed by atoms with E-state index in [1.54, 1.807) is 21.0 Å². The Hall–Kier alpha value is -1.79. The zero-order chi connectivity index (χ0) is 14.6. The van der Waals surface area contributed by atoms with Crippen molar-refractivity contribution in [2.24, 2.45) is 5.92 Å². The number of carboxylic acid groups (broad SMARTS) is 1. The summed E-state index contributed by atoms with van der Waals surface area (Å²) in [5.74, 6) is -0.770. The molecular formula is C12H20N2O5. The molecule has 0 aromatic carbocycles. The van der Waals surface area contributed by atoms with Gasteiger partial charge in [-0.1, -0.05) is 0 Å². The maximum Gasteiger partial charge on any atom is 0.407 e. The summed E-state index contributed by atoms with van der Waals surface area (Å²) < 4.78 is 4.84. The average molecular weight is 272 g/mol. The molecule has 2 amide bonds. The van der Waals surface area contributed by atoms with Crippen molar-refractivity contribution < 1.29 is 24.2 Å². The second kappa shape index (κ2) is 6.40. The summed E-state index contributed by atoms with van der Waals surface area (Å²) in [5, 5.41) is 9.11. The van der Waals surface area contributed by atoms with Crippen LogP contribution in [0.25, 0.3) is 0 Å². The smallest absolute Gasteiger partial charge is 0.407 e. The molecule has 108 valence electrons. The van der Waals surface area contributed by atoms with Crippen molar-refractivity contribution in [1.82, 2.24) is 9.80 Å². The number of hydrogen-bond acceptors (Lipinski definition) is 4. The lowest BCUT2D eigenvalue weighted by Crippen LogP contribution is -2.44. The predicted octanol–water partition coefficient (Wildman–Crippen LogP) is 0.396. The summed E-state index contributed by atoms with van der Waals surface area (Å²) >= 11 is 0. The highest BCUT2D eigenvalue weighted by atomic mass is 16.5. The molecule has 0 bridgehead atoms. The molecular weight excluding hydrogens is 252 g/mol. The van der Waals surface area contributed by atoms with Crippen molar-refractivity contribution in [3.05, 3.63) is 0 Å². The van der Waals surface area contributed by atoms with Crippen molar-refractivity contribution in [3.8, 4) is 0 Å². The monoisotopic (exact) mass is 272 g/mol. The number of esters is 1. The number of ether oxygens (including phenoxy) is 1. The van der Waals surface area contributed by atoms with Gasteiger partial charge in [0, 0.05) is 20.6 Å². The molecule has 7 heteroatoms. The lowest BCUT2D eigenvalue weighted by Gasteiger charge is -2.23. The normalized spacial score (nSPS) is 22.2. The van der Waals surface area contributed by atoms with Crippen LogP contribution in [-0.2, 0) is 14.3 Å². The highest BCUT2D eigenvalue weighted by Crippen LogP contribution is 2.27. The molecule has 0 aromatic heterocycles. The minimum Gasteiger partial charge on any atom is -0.466 e. The molecule has 1 fully saturated rings. The fourth-order valence-corrected chi connectivity index (χ4v) is 2.27. The number of likely N-dealkylation sites (tertiary alicyclic amines) is 1. The lowest BCUT2D eigenvalue weighted by molar-refractivity contribution is -0.144. The first-order chi connectivity index (χ1) is 8.86. The Labute approximate surface area is 112 Å². The molecule has 7 nitrogen and oxygen atoms in total. The van der Waals surface area contributed by atoms with Crippen LogP contribution in [0.2, 0.25) is 0 Å². The van der Waals surface area contributed by atoms with E-state index in [9.17, 15) is 14.4 Å². The van der Waals surface area contributed by atoms with Crippen LogP contribution in [0.4, 0.5) is 4.79 Å². The molecule has 2 atom stereocenters. The average Bonchev–Trinajstić information content (AvgIpc) is 2.72. The number of carbonyl (C=O) groups is 3. The van der Waals surface area contributed by atoms with Crippen molar-refractivity contribution in [3.63, 3.8) is 0 Å². The van der Waals surface area contributed by atoms with E-state index >= 15 is 0 Å². The quantitative estimate of drug-likeness (QED) is 0.748. The third-order valence-electron chi connectivity index (χ3n) is 3.12. The zero-order valence-electron chi connectivity index (χ0n) is 11.5. The van der Waals surface area contributed by atoms with Crippen LogP contribution < -0.4 is 0 Å². The minimum absolute atomic E-state index is 0.148. The summed E-state index contributed by atoms with van der Waals surface area (Å²) in [6, 6.07) is -0.702. The van der Waals surface area contributed by atoms with Gasteiger partial charge in [-0.25, -0.2) is 4.79 Å². The van der Waals surface area contributed by atoms with E-state index < -0.39 is 12.1 Å². The van der Waals surface area contributed by atoms with Crippen LogP contribution in [-0.4, -0.2) is 66.2 Å². The number of hydrogen-bond donors (Lipinski definition) is 1. The van der Waals surface area contributed by atoms with Gasteiger partial charge in [0.15, 0.2) is 0 Å². The van der Waals surface area contributed by atoms with E-state index in [0.717, 1.165) is 4.90 Å². The van der Waals surface area contributed by atoms with Crippen molar-refractivity contribution >= 4 is 18.0 Å². The Balaban J connectivity index is 2.69. The molecule has 0 unspecified atom stereocenters. The number of rotatable bonds is 4. The Bertz CT molecular complexity index is 369.